The SMILES string of the molecule is COC(=O)C(C)CN(CCNC(C)=O)C(=O)c1ccc(C(C)(C)C)cc1. The Bertz CT molecular complexity index is 632. The van der Waals surface area contributed by atoms with Crippen LogP contribution in [-0.2, 0) is 19.7 Å². The minimum Gasteiger partial charge on any atom is -0.469 e. The van der Waals surface area contributed by atoms with Crippen molar-refractivity contribution in [2.75, 3.05) is 26.7 Å². The first-order valence-corrected chi connectivity index (χ1v) is 8.78. The Morgan fingerprint density at radius 3 is 2.19 bits per heavy atom. The van der Waals surface area contributed by atoms with Crippen molar-refractivity contribution >= 4 is 17.8 Å². The van der Waals surface area contributed by atoms with Crippen molar-refractivity contribution in [1.82, 2.24) is 10.2 Å². The lowest BCUT2D eigenvalue weighted by atomic mass is 9.86. The Morgan fingerprint density at radius 2 is 1.73 bits per heavy atom. The lowest BCUT2D eigenvalue weighted by molar-refractivity contribution is -0.145. The highest BCUT2D eigenvalue weighted by Crippen LogP contribution is 2.22. The topological polar surface area (TPSA) is 75.7 Å². The van der Waals surface area contributed by atoms with Gasteiger partial charge in [0, 0.05) is 32.1 Å². The molecule has 0 aromatic heterocycles. The van der Waals surface area contributed by atoms with Gasteiger partial charge in [0.2, 0.25) is 5.91 Å². The Balaban J connectivity index is 2.94. The van der Waals surface area contributed by atoms with Gasteiger partial charge in [-0.1, -0.05) is 39.8 Å². The molecule has 0 saturated heterocycles. The predicted molar refractivity (Wildman–Crippen MR) is 101 cm³/mol. The molecule has 1 rings (SSSR count). The van der Waals surface area contributed by atoms with Crippen molar-refractivity contribution in [2.24, 2.45) is 5.92 Å². The highest BCUT2D eigenvalue weighted by molar-refractivity contribution is 5.94. The van der Waals surface area contributed by atoms with Crippen LogP contribution in [0, 0.1) is 5.92 Å². The number of nitrogens with zero attached hydrogens (tertiary/aromatic N) is 1. The summed E-state index contributed by atoms with van der Waals surface area (Å²) in [5.41, 5.74) is 1.70. The van der Waals surface area contributed by atoms with Gasteiger partial charge in [-0.05, 0) is 23.1 Å². The zero-order chi connectivity index (χ0) is 19.9. The van der Waals surface area contributed by atoms with Crippen LogP contribution in [0.1, 0.15) is 50.5 Å². The van der Waals surface area contributed by atoms with E-state index in [0.29, 0.717) is 18.7 Å². The van der Waals surface area contributed by atoms with E-state index in [1.54, 1.807) is 24.0 Å². The molecule has 6 heteroatoms. The normalized spacial score (nSPS) is 12.2. The number of benzene rings is 1. The van der Waals surface area contributed by atoms with E-state index in [9.17, 15) is 14.4 Å². The number of rotatable bonds is 7. The van der Waals surface area contributed by atoms with E-state index in [-0.39, 0.29) is 29.7 Å². The summed E-state index contributed by atoms with van der Waals surface area (Å²) in [6, 6.07) is 7.50. The molecule has 0 aliphatic heterocycles. The summed E-state index contributed by atoms with van der Waals surface area (Å²) in [5, 5.41) is 2.68. The maximum Gasteiger partial charge on any atom is 0.310 e. The summed E-state index contributed by atoms with van der Waals surface area (Å²) >= 11 is 0. The third kappa shape index (κ3) is 6.50. The molecule has 1 atom stereocenters. The van der Waals surface area contributed by atoms with Gasteiger partial charge in [0.05, 0.1) is 13.0 Å². The van der Waals surface area contributed by atoms with Crippen molar-refractivity contribution < 1.29 is 19.1 Å². The molecule has 0 radical (unpaired) electrons. The molecule has 0 saturated carbocycles. The van der Waals surface area contributed by atoms with Gasteiger partial charge in [0.15, 0.2) is 0 Å². The number of amides is 2. The van der Waals surface area contributed by atoms with Crippen LogP contribution in [0.15, 0.2) is 24.3 Å². The average molecular weight is 362 g/mol. The van der Waals surface area contributed by atoms with Crippen LogP contribution in [0.2, 0.25) is 0 Å². The molecule has 0 aliphatic carbocycles. The Kier molecular flexibility index (Phi) is 7.80. The maximum atomic E-state index is 12.9. The monoisotopic (exact) mass is 362 g/mol. The number of esters is 1. The maximum absolute atomic E-state index is 12.9. The van der Waals surface area contributed by atoms with Gasteiger partial charge in [-0.15, -0.1) is 0 Å². The number of methoxy groups -OCH3 is 1. The Hall–Kier alpha value is -2.37. The fourth-order valence-electron chi connectivity index (χ4n) is 2.54. The summed E-state index contributed by atoms with van der Waals surface area (Å²) in [5.74, 6) is -1.15. The summed E-state index contributed by atoms with van der Waals surface area (Å²) in [4.78, 5) is 37.3. The van der Waals surface area contributed by atoms with Crippen molar-refractivity contribution in [3.63, 3.8) is 0 Å². The van der Waals surface area contributed by atoms with Gasteiger partial charge < -0.3 is 15.0 Å². The van der Waals surface area contributed by atoms with Crippen LogP contribution in [0.3, 0.4) is 0 Å². The zero-order valence-corrected chi connectivity index (χ0v) is 16.6. The molecule has 0 aliphatic rings. The quantitative estimate of drug-likeness (QED) is 0.756. The second kappa shape index (κ2) is 9.36. The van der Waals surface area contributed by atoms with Crippen LogP contribution < -0.4 is 5.32 Å². The molecule has 2 amide bonds. The first kappa shape index (κ1) is 21.7. The van der Waals surface area contributed by atoms with Crippen molar-refractivity contribution in [1.29, 1.82) is 0 Å². The molecule has 1 N–H and O–H groups in total. The van der Waals surface area contributed by atoms with E-state index in [4.69, 9.17) is 4.74 Å². The third-order valence-electron chi connectivity index (χ3n) is 4.14. The molecule has 1 unspecified atom stereocenters. The van der Waals surface area contributed by atoms with Gasteiger partial charge in [0.25, 0.3) is 5.91 Å². The second-order valence-electron chi connectivity index (χ2n) is 7.49. The number of nitrogens with one attached hydrogen (secondary N) is 1. The highest BCUT2D eigenvalue weighted by Gasteiger charge is 2.23. The van der Waals surface area contributed by atoms with Crippen LogP contribution in [-0.4, -0.2) is 49.4 Å². The summed E-state index contributed by atoms with van der Waals surface area (Å²) in [7, 11) is 1.33. The standard InChI is InChI=1S/C20H30N2O4/c1-14(19(25)26-6)13-22(12-11-21-15(2)23)18(24)16-7-9-17(10-8-16)20(3,4)5/h7-10,14H,11-13H2,1-6H3,(H,21,23). The lowest BCUT2D eigenvalue weighted by Gasteiger charge is -2.26. The van der Waals surface area contributed by atoms with E-state index in [2.05, 4.69) is 26.1 Å². The molecule has 1 aromatic carbocycles. The van der Waals surface area contributed by atoms with Crippen LogP contribution >= 0.6 is 0 Å². The van der Waals surface area contributed by atoms with Crippen molar-refractivity contribution in [3.8, 4) is 0 Å². The minimum atomic E-state index is -0.449. The van der Waals surface area contributed by atoms with Crippen molar-refractivity contribution in [3.05, 3.63) is 35.4 Å². The zero-order valence-electron chi connectivity index (χ0n) is 16.6. The Morgan fingerprint density at radius 1 is 1.15 bits per heavy atom. The molecule has 6 nitrogen and oxygen atoms in total. The van der Waals surface area contributed by atoms with E-state index < -0.39 is 5.92 Å². The summed E-state index contributed by atoms with van der Waals surface area (Å²) in [6.07, 6.45) is 0. The molecule has 1 aromatic rings. The van der Waals surface area contributed by atoms with Gasteiger partial charge in [-0.25, -0.2) is 0 Å². The first-order valence-electron chi connectivity index (χ1n) is 8.78. The summed E-state index contributed by atoms with van der Waals surface area (Å²) in [6.45, 7) is 10.4. The van der Waals surface area contributed by atoms with Gasteiger partial charge in [0.1, 0.15) is 0 Å². The van der Waals surface area contributed by atoms with Gasteiger partial charge in [-0.3, -0.25) is 14.4 Å². The molecular formula is C20H30N2O4. The van der Waals surface area contributed by atoms with E-state index >= 15 is 0 Å². The van der Waals surface area contributed by atoms with E-state index in [0.717, 1.165) is 5.56 Å². The highest BCUT2D eigenvalue weighted by atomic mass is 16.5. The molecule has 0 spiro atoms. The number of carbonyl (C=O) groups is 3. The van der Waals surface area contributed by atoms with Crippen molar-refractivity contribution in [2.45, 2.75) is 40.0 Å². The molecule has 0 bridgehead atoms. The molecule has 0 heterocycles. The Labute approximate surface area is 155 Å². The second-order valence-corrected chi connectivity index (χ2v) is 7.49. The van der Waals surface area contributed by atoms with Crippen LogP contribution in [0.5, 0.6) is 0 Å². The molecular weight excluding hydrogens is 332 g/mol. The van der Waals surface area contributed by atoms with Crippen LogP contribution in [0.25, 0.3) is 0 Å². The minimum absolute atomic E-state index is 0.00602. The fourth-order valence-corrected chi connectivity index (χ4v) is 2.54. The number of carbonyl (C=O) groups excluding carboxylic acids is 3. The summed E-state index contributed by atoms with van der Waals surface area (Å²) < 4.78 is 4.75. The number of hydrogen-bond donors (Lipinski definition) is 1. The molecule has 0 fully saturated rings. The third-order valence-corrected chi connectivity index (χ3v) is 4.14. The molecule has 26 heavy (non-hydrogen) atoms. The number of ether oxygens (including phenoxy) is 1. The predicted octanol–water partition coefficient (Wildman–Crippen LogP) is 2.37. The van der Waals surface area contributed by atoms with E-state index in [1.165, 1.54) is 14.0 Å². The van der Waals surface area contributed by atoms with Gasteiger partial charge in [-0.2, -0.15) is 0 Å². The first-order chi connectivity index (χ1) is 12.1. The molecule has 144 valence electrons. The van der Waals surface area contributed by atoms with Crippen LogP contribution in [0.4, 0.5) is 0 Å². The average Bonchev–Trinajstić information content (AvgIpc) is 2.58. The number of hydrogen-bond acceptors (Lipinski definition) is 4. The largest absolute Gasteiger partial charge is 0.469 e. The smallest absolute Gasteiger partial charge is 0.310 e. The van der Waals surface area contributed by atoms with Gasteiger partial charge >= 0.3 is 5.97 Å². The fraction of sp³-hybridized carbons (Fsp3) is 0.550. The van der Waals surface area contributed by atoms with E-state index in [1.807, 2.05) is 12.1 Å². The lowest BCUT2D eigenvalue weighted by Crippen LogP contribution is -2.41.